The molecule has 13 nitrogen and oxygen atoms in total. The third kappa shape index (κ3) is 18.9. The Morgan fingerprint density at radius 3 is 1.38 bits per heavy atom. The Kier molecular flexibility index (Phi) is 22.5. The molecule has 7 aromatic rings. The van der Waals surface area contributed by atoms with E-state index < -0.39 is 28.9 Å². The van der Waals surface area contributed by atoms with Gasteiger partial charge in [-0.25, -0.2) is 19.4 Å². The fraction of sp³-hybridized carbons (Fsp3) is 0.400. The van der Waals surface area contributed by atoms with Crippen LogP contribution in [0.5, 0.6) is 0 Å². The third-order valence-electron chi connectivity index (χ3n) is 14.3. The van der Waals surface area contributed by atoms with Gasteiger partial charge in [-0.05, 0) is 172 Å². The molecule has 85 heavy (non-hydrogen) atoms. The van der Waals surface area contributed by atoms with Gasteiger partial charge in [-0.3, -0.25) is 19.5 Å². The number of benzene rings is 6. The highest BCUT2D eigenvalue weighted by molar-refractivity contribution is 7.80. The molecule has 0 radical (unpaired) electrons. The van der Waals surface area contributed by atoms with Crippen LogP contribution in [0.4, 0.5) is 25.8 Å². The number of amides is 4. The summed E-state index contributed by atoms with van der Waals surface area (Å²) in [4.78, 5) is 61.4. The molecule has 3 atom stereocenters. The maximum Gasteiger partial charge on any atom is 0.410 e. The number of ether oxygens (including phenoxy) is 3. The number of nitrogens with one attached hydrogen (secondary N) is 2. The minimum absolute atomic E-state index is 0. The first kappa shape index (κ1) is 64.9. The monoisotopic (exact) mass is 1190 g/mol. The number of thiazole rings is 1. The van der Waals surface area contributed by atoms with Crippen LogP contribution in [0.2, 0.25) is 0 Å². The van der Waals surface area contributed by atoms with Gasteiger partial charge in [0, 0.05) is 31.0 Å². The number of hydrogen-bond donors (Lipinski definition) is 2. The zero-order valence-electron chi connectivity index (χ0n) is 50.2. The van der Waals surface area contributed by atoms with Crippen molar-refractivity contribution in [3.63, 3.8) is 0 Å². The van der Waals surface area contributed by atoms with Gasteiger partial charge in [0.1, 0.15) is 32.8 Å². The van der Waals surface area contributed by atoms with Crippen molar-refractivity contribution in [2.24, 2.45) is 0 Å². The van der Waals surface area contributed by atoms with E-state index >= 15 is 0 Å². The molecule has 3 saturated heterocycles. The number of rotatable bonds is 11. The standard InChI is InChI=1S/C23H28N2O3.C23H26N2O2S.C23H28N2O2S.CH4/c1-23(2,3)28-22(27)25-15-9-14-20(25)21(26)24-19-13-8-7-12-18(19)16-17-10-5-4-6-11-17;1-23(2,3)27-22(26)25-14-8-12-18(25)21-24-20-17(11-7-13-19(20)28-21)15-16-9-5-4-6-10-16;1-23(2,3)27-22(26)25-15-9-14-20(25)21(28)24-19-13-8-7-12-18(19)16-17-10-5-4-6-11-17;/h4-8,10-13,20H,9,14-16H2,1-3H3,(H,24,26);4-7,9-11,13,18H,8,12,14-15H2,1-3H3;4-8,10-13,20H,9,14-16H2,1-3H3,(H,24,28);1H4/t20-;18-;20-;/m000./s1. The molecule has 0 saturated carbocycles. The number of likely N-dealkylation sites (tertiary alicyclic amines) is 3. The van der Waals surface area contributed by atoms with Crippen molar-refractivity contribution in [2.45, 2.75) is 162 Å². The van der Waals surface area contributed by atoms with Crippen LogP contribution in [-0.4, -0.2) is 97.4 Å². The van der Waals surface area contributed by atoms with Crippen molar-refractivity contribution in [2.75, 3.05) is 30.3 Å². The molecule has 3 fully saturated rings. The summed E-state index contributed by atoms with van der Waals surface area (Å²) in [5.74, 6) is -0.163. The Morgan fingerprint density at radius 2 is 0.882 bits per heavy atom. The molecule has 10 rings (SSSR count). The Bertz CT molecular complexity index is 3190. The maximum atomic E-state index is 12.9. The SMILES string of the molecule is C.CC(C)(C)OC(=O)N1CCC[C@H]1C(=O)Nc1ccccc1Cc1ccccc1.CC(C)(C)OC(=O)N1CCC[C@H]1C(=S)Nc1ccccc1Cc1ccccc1.CC(C)(C)OC(=O)N1CCC[C@H]1c1nc2c(Cc3ccccc3)cccc2s1. The van der Waals surface area contributed by atoms with Crippen LogP contribution in [-0.2, 0) is 38.3 Å². The van der Waals surface area contributed by atoms with Crippen LogP contribution in [0.3, 0.4) is 0 Å². The molecule has 2 N–H and O–H groups in total. The minimum atomic E-state index is -0.580. The number of carbonyl (C=O) groups excluding carboxylic acids is 4. The van der Waals surface area contributed by atoms with Gasteiger partial charge in [0.25, 0.3) is 0 Å². The average Bonchev–Trinajstić information content (AvgIpc) is 3.61. The van der Waals surface area contributed by atoms with Crippen molar-refractivity contribution in [3.8, 4) is 0 Å². The molecule has 0 spiro atoms. The van der Waals surface area contributed by atoms with Crippen molar-refractivity contribution in [1.82, 2.24) is 19.7 Å². The summed E-state index contributed by atoms with van der Waals surface area (Å²) in [6.07, 6.45) is 6.60. The first-order valence-electron chi connectivity index (χ1n) is 29.3. The van der Waals surface area contributed by atoms with Crippen LogP contribution in [0.15, 0.2) is 158 Å². The zero-order valence-corrected chi connectivity index (χ0v) is 51.8. The van der Waals surface area contributed by atoms with E-state index in [1.807, 2.05) is 152 Å². The van der Waals surface area contributed by atoms with Crippen LogP contribution >= 0.6 is 23.6 Å². The topological polar surface area (TPSA) is 143 Å². The molecular formula is C70H86N6O7S2. The van der Waals surface area contributed by atoms with Crippen molar-refractivity contribution >= 4 is 74.3 Å². The Balaban J connectivity index is 0.000000182. The second-order valence-corrected chi connectivity index (χ2v) is 26.1. The summed E-state index contributed by atoms with van der Waals surface area (Å²) in [5, 5.41) is 7.45. The quantitative estimate of drug-likeness (QED) is 0.0949. The number of hydrogen-bond acceptors (Lipinski definition) is 10. The summed E-state index contributed by atoms with van der Waals surface area (Å²) < 4.78 is 17.8. The van der Waals surface area contributed by atoms with E-state index in [4.69, 9.17) is 31.4 Å². The smallest absolute Gasteiger partial charge is 0.410 e. The molecule has 4 amide bonds. The normalized spacial score (nSPS) is 16.7. The van der Waals surface area contributed by atoms with E-state index in [1.54, 1.807) is 21.1 Å². The molecule has 0 unspecified atom stereocenters. The molecule has 3 aliphatic rings. The van der Waals surface area contributed by atoms with Gasteiger partial charge < -0.3 is 24.8 Å². The Hall–Kier alpha value is -7.62. The van der Waals surface area contributed by atoms with Crippen LogP contribution in [0.1, 0.15) is 153 Å². The first-order chi connectivity index (χ1) is 40.1. The van der Waals surface area contributed by atoms with E-state index in [0.717, 1.165) is 85.4 Å². The Labute approximate surface area is 513 Å². The molecule has 3 aliphatic heterocycles. The minimum Gasteiger partial charge on any atom is -0.444 e. The fourth-order valence-electron chi connectivity index (χ4n) is 10.5. The molecule has 450 valence electrons. The highest BCUT2D eigenvalue weighted by Gasteiger charge is 2.38. The van der Waals surface area contributed by atoms with Gasteiger partial charge in [-0.15, -0.1) is 11.3 Å². The number of carbonyl (C=O) groups is 4. The summed E-state index contributed by atoms with van der Waals surface area (Å²) in [6.45, 7) is 18.8. The second-order valence-electron chi connectivity index (χ2n) is 24.6. The number of thiocarbonyl (C=S) groups is 1. The van der Waals surface area contributed by atoms with Crippen LogP contribution < -0.4 is 10.6 Å². The van der Waals surface area contributed by atoms with Gasteiger partial charge in [0.15, 0.2) is 0 Å². The lowest BCUT2D eigenvalue weighted by Crippen LogP contribution is -2.45. The largest absolute Gasteiger partial charge is 0.444 e. The molecule has 6 aromatic carbocycles. The lowest BCUT2D eigenvalue weighted by molar-refractivity contribution is -0.120. The maximum absolute atomic E-state index is 12.9. The summed E-state index contributed by atoms with van der Waals surface area (Å²) in [7, 11) is 0. The zero-order chi connectivity index (χ0) is 60.0. The first-order valence-corrected chi connectivity index (χ1v) is 30.6. The summed E-state index contributed by atoms with van der Waals surface area (Å²) in [6, 6.07) is 52.7. The van der Waals surface area contributed by atoms with Crippen LogP contribution in [0, 0.1) is 0 Å². The predicted octanol–water partition coefficient (Wildman–Crippen LogP) is 16.6. The molecule has 0 bridgehead atoms. The molecule has 1 aromatic heterocycles. The number of fused-ring (bicyclic) bond motifs is 1. The summed E-state index contributed by atoms with van der Waals surface area (Å²) in [5.41, 5.74) is 8.42. The van der Waals surface area contributed by atoms with Gasteiger partial charge in [0.2, 0.25) is 5.91 Å². The average molecular weight is 1190 g/mol. The van der Waals surface area contributed by atoms with Gasteiger partial charge in [0.05, 0.1) is 22.3 Å². The fourth-order valence-corrected chi connectivity index (χ4v) is 12.0. The third-order valence-corrected chi connectivity index (χ3v) is 15.8. The lowest BCUT2D eigenvalue weighted by Gasteiger charge is -2.29. The van der Waals surface area contributed by atoms with Gasteiger partial charge >= 0.3 is 18.3 Å². The number of aromatic nitrogens is 1. The molecule has 4 heterocycles. The van der Waals surface area contributed by atoms with E-state index in [0.29, 0.717) is 24.5 Å². The van der Waals surface area contributed by atoms with Crippen LogP contribution in [0.25, 0.3) is 10.2 Å². The predicted molar refractivity (Wildman–Crippen MR) is 349 cm³/mol. The van der Waals surface area contributed by atoms with Crippen molar-refractivity contribution in [1.29, 1.82) is 0 Å². The number of para-hydroxylation sites is 3. The number of nitrogens with zero attached hydrogens (tertiary/aromatic N) is 4. The molecule has 15 heteroatoms. The molecule has 0 aliphatic carbocycles. The van der Waals surface area contributed by atoms with E-state index in [1.165, 1.54) is 32.5 Å². The van der Waals surface area contributed by atoms with Crippen molar-refractivity contribution < 1.29 is 33.4 Å². The summed E-state index contributed by atoms with van der Waals surface area (Å²) >= 11 is 7.39. The Morgan fingerprint density at radius 1 is 0.494 bits per heavy atom. The molecular weight excluding hydrogens is 1100 g/mol. The van der Waals surface area contributed by atoms with E-state index in [2.05, 4.69) is 83.4 Å². The van der Waals surface area contributed by atoms with E-state index in [9.17, 15) is 19.2 Å². The van der Waals surface area contributed by atoms with Crippen molar-refractivity contribution in [3.05, 3.63) is 196 Å². The number of anilines is 2. The van der Waals surface area contributed by atoms with E-state index in [-0.39, 0.29) is 37.6 Å². The highest BCUT2D eigenvalue weighted by Crippen LogP contribution is 2.39. The van der Waals surface area contributed by atoms with Gasteiger partial charge in [-0.2, -0.15) is 0 Å². The van der Waals surface area contributed by atoms with Gasteiger partial charge in [-0.1, -0.05) is 159 Å². The highest BCUT2D eigenvalue weighted by atomic mass is 32.1. The lowest BCUT2D eigenvalue weighted by atomic mass is 10.0. The second kappa shape index (κ2) is 29.5.